The van der Waals surface area contributed by atoms with E-state index in [1.165, 1.54) is 17.7 Å². The summed E-state index contributed by atoms with van der Waals surface area (Å²) >= 11 is 1.80. The second-order valence-corrected chi connectivity index (χ2v) is 8.24. The average molecular weight is 404 g/mol. The molecule has 1 fully saturated rings. The van der Waals surface area contributed by atoms with Crippen LogP contribution in [0.2, 0.25) is 0 Å². The summed E-state index contributed by atoms with van der Waals surface area (Å²) in [5.74, 6) is 0.525. The average Bonchev–Trinajstić information content (AvgIpc) is 3.38. The van der Waals surface area contributed by atoms with Crippen LogP contribution in [0.25, 0.3) is 0 Å². The molecule has 0 aliphatic carbocycles. The van der Waals surface area contributed by atoms with E-state index in [4.69, 9.17) is 0 Å². The van der Waals surface area contributed by atoms with Gasteiger partial charge in [0.15, 0.2) is 5.96 Å². The highest BCUT2D eigenvalue weighted by Crippen LogP contribution is 2.27. The maximum Gasteiger partial charge on any atom is 0.191 e. The van der Waals surface area contributed by atoms with E-state index < -0.39 is 0 Å². The number of rotatable bonds is 7. The number of aliphatic imine (C=N–C) groups is 1. The summed E-state index contributed by atoms with van der Waals surface area (Å²) < 4.78 is 14.2. The van der Waals surface area contributed by atoms with E-state index >= 15 is 0 Å². The van der Waals surface area contributed by atoms with Gasteiger partial charge in [-0.2, -0.15) is 0 Å². The van der Waals surface area contributed by atoms with Crippen LogP contribution < -0.4 is 15.5 Å². The lowest BCUT2D eigenvalue weighted by Gasteiger charge is -2.27. The summed E-state index contributed by atoms with van der Waals surface area (Å²) in [5, 5.41) is 8.88. The normalized spacial score (nSPS) is 16.2. The Hall–Kier alpha value is -2.12. The second-order valence-electron chi connectivity index (χ2n) is 7.26. The molecule has 1 aromatic carbocycles. The number of thiophene rings is 1. The molecule has 1 aliphatic rings. The number of anilines is 1. The van der Waals surface area contributed by atoms with Gasteiger partial charge in [0.2, 0.25) is 0 Å². The van der Waals surface area contributed by atoms with E-state index in [1.54, 1.807) is 29.4 Å². The molecule has 0 radical (unpaired) electrons. The first-order chi connectivity index (χ1) is 13.6. The molecular weight excluding hydrogens is 373 g/mol. The molecule has 3 rings (SSSR count). The SMILES string of the molecule is CN=C(NCc1ccc(N(C)C)c(F)c1)NCC(c1cccs1)N1CCCC1. The van der Waals surface area contributed by atoms with E-state index in [-0.39, 0.29) is 5.82 Å². The Morgan fingerprint density at radius 1 is 1.25 bits per heavy atom. The third-order valence-electron chi connectivity index (χ3n) is 5.09. The molecule has 1 aromatic heterocycles. The zero-order valence-corrected chi connectivity index (χ0v) is 17.7. The minimum Gasteiger partial charge on any atom is -0.375 e. The molecule has 0 saturated carbocycles. The number of nitrogens with zero attached hydrogens (tertiary/aromatic N) is 3. The Morgan fingerprint density at radius 2 is 2.04 bits per heavy atom. The topological polar surface area (TPSA) is 42.9 Å². The van der Waals surface area contributed by atoms with Gasteiger partial charge in [0.25, 0.3) is 0 Å². The van der Waals surface area contributed by atoms with Crippen LogP contribution >= 0.6 is 11.3 Å². The van der Waals surface area contributed by atoms with E-state index in [0.717, 1.165) is 31.2 Å². The number of guanidine groups is 1. The Labute approximate surface area is 171 Å². The molecule has 0 spiro atoms. The van der Waals surface area contributed by atoms with Crippen LogP contribution in [-0.4, -0.2) is 51.6 Å². The second kappa shape index (κ2) is 9.89. The summed E-state index contributed by atoms with van der Waals surface area (Å²) in [6.45, 7) is 3.62. The van der Waals surface area contributed by atoms with Gasteiger partial charge in [0.1, 0.15) is 5.82 Å². The van der Waals surface area contributed by atoms with Crippen molar-refractivity contribution < 1.29 is 4.39 Å². The monoisotopic (exact) mass is 403 g/mol. The highest BCUT2D eigenvalue weighted by Gasteiger charge is 2.24. The fourth-order valence-electron chi connectivity index (χ4n) is 3.57. The predicted octanol–water partition coefficient (Wildman–Crippen LogP) is 3.46. The van der Waals surface area contributed by atoms with Gasteiger partial charge in [0, 0.05) is 39.1 Å². The Kier molecular flexibility index (Phi) is 7.28. The molecule has 2 aromatic rings. The van der Waals surface area contributed by atoms with Crippen LogP contribution in [0, 0.1) is 5.82 Å². The lowest BCUT2D eigenvalue weighted by molar-refractivity contribution is 0.249. The van der Waals surface area contributed by atoms with Gasteiger partial charge in [-0.25, -0.2) is 4.39 Å². The molecule has 1 unspecified atom stereocenters. The summed E-state index contributed by atoms with van der Waals surface area (Å²) in [6.07, 6.45) is 2.53. The number of hydrogen-bond donors (Lipinski definition) is 2. The quantitative estimate of drug-likeness (QED) is 0.549. The molecule has 5 nitrogen and oxygen atoms in total. The van der Waals surface area contributed by atoms with Crippen molar-refractivity contribution in [3.8, 4) is 0 Å². The number of likely N-dealkylation sites (tertiary alicyclic amines) is 1. The molecular formula is C21H30FN5S. The molecule has 2 heterocycles. The highest BCUT2D eigenvalue weighted by atomic mass is 32.1. The minimum atomic E-state index is -0.209. The molecule has 1 aliphatic heterocycles. The van der Waals surface area contributed by atoms with Crippen molar-refractivity contribution in [2.45, 2.75) is 25.4 Å². The Bertz CT molecular complexity index is 769. The number of hydrogen-bond acceptors (Lipinski definition) is 4. The molecule has 1 saturated heterocycles. The zero-order valence-electron chi connectivity index (χ0n) is 16.9. The van der Waals surface area contributed by atoms with E-state index in [9.17, 15) is 4.39 Å². The van der Waals surface area contributed by atoms with Crippen LogP contribution in [0.15, 0.2) is 40.7 Å². The van der Waals surface area contributed by atoms with E-state index in [2.05, 4.69) is 38.0 Å². The number of benzene rings is 1. The van der Waals surface area contributed by atoms with Crippen LogP contribution in [0.4, 0.5) is 10.1 Å². The molecule has 0 bridgehead atoms. The van der Waals surface area contributed by atoms with Gasteiger partial charge < -0.3 is 15.5 Å². The lowest BCUT2D eigenvalue weighted by Crippen LogP contribution is -2.42. The zero-order chi connectivity index (χ0) is 19.9. The van der Waals surface area contributed by atoms with Crippen molar-refractivity contribution in [3.63, 3.8) is 0 Å². The third-order valence-corrected chi connectivity index (χ3v) is 6.07. The minimum absolute atomic E-state index is 0.209. The predicted molar refractivity (Wildman–Crippen MR) is 117 cm³/mol. The van der Waals surface area contributed by atoms with Gasteiger partial charge in [-0.3, -0.25) is 9.89 Å². The number of nitrogens with one attached hydrogen (secondary N) is 2. The fraction of sp³-hybridized carbons (Fsp3) is 0.476. The van der Waals surface area contributed by atoms with Crippen LogP contribution in [0.3, 0.4) is 0 Å². The fourth-order valence-corrected chi connectivity index (χ4v) is 4.43. The van der Waals surface area contributed by atoms with Crippen LogP contribution in [0.5, 0.6) is 0 Å². The van der Waals surface area contributed by atoms with Gasteiger partial charge in [-0.1, -0.05) is 12.1 Å². The Morgan fingerprint density at radius 3 is 2.64 bits per heavy atom. The molecule has 7 heteroatoms. The first kappa shape index (κ1) is 20.6. The highest BCUT2D eigenvalue weighted by molar-refractivity contribution is 7.10. The van der Waals surface area contributed by atoms with Gasteiger partial charge in [-0.15, -0.1) is 11.3 Å². The van der Waals surface area contributed by atoms with Gasteiger partial charge in [-0.05, 0) is 55.1 Å². The maximum absolute atomic E-state index is 14.2. The van der Waals surface area contributed by atoms with Crippen LogP contribution in [-0.2, 0) is 6.54 Å². The van der Waals surface area contributed by atoms with Gasteiger partial charge >= 0.3 is 0 Å². The largest absolute Gasteiger partial charge is 0.375 e. The standard InChI is InChI=1S/C21H30FN5S/c1-23-21(24-14-16-8-9-18(26(2)3)17(22)13-16)25-15-19(20-7-6-12-28-20)27-10-4-5-11-27/h6-9,12-13,19H,4-5,10-11,14-15H2,1-3H3,(H2,23,24,25). The van der Waals surface area contributed by atoms with Crippen molar-refractivity contribution >= 4 is 23.0 Å². The van der Waals surface area contributed by atoms with Crippen LogP contribution in [0.1, 0.15) is 29.3 Å². The van der Waals surface area contributed by atoms with Crippen molar-refractivity contribution in [2.24, 2.45) is 4.99 Å². The van der Waals surface area contributed by atoms with Crippen molar-refractivity contribution in [1.82, 2.24) is 15.5 Å². The summed E-state index contributed by atoms with van der Waals surface area (Å²) in [7, 11) is 5.44. The molecule has 28 heavy (non-hydrogen) atoms. The van der Waals surface area contributed by atoms with Gasteiger partial charge in [0.05, 0.1) is 11.7 Å². The first-order valence-corrected chi connectivity index (χ1v) is 10.6. The summed E-state index contributed by atoms with van der Waals surface area (Å²) in [4.78, 5) is 10.0. The van der Waals surface area contributed by atoms with Crippen molar-refractivity contribution in [3.05, 3.63) is 52.0 Å². The third kappa shape index (κ3) is 5.23. The Balaban J connectivity index is 1.57. The van der Waals surface area contributed by atoms with E-state index in [0.29, 0.717) is 18.3 Å². The lowest BCUT2D eigenvalue weighted by atomic mass is 10.2. The first-order valence-electron chi connectivity index (χ1n) is 9.76. The van der Waals surface area contributed by atoms with Crippen molar-refractivity contribution in [1.29, 1.82) is 0 Å². The van der Waals surface area contributed by atoms with Crippen molar-refractivity contribution in [2.75, 3.05) is 45.7 Å². The molecule has 152 valence electrons. The van der Waals surface area contributed by atoms with E-state index in [1.807, 2.05) is 26.2 Å². The summed E-state index contributed by atoms with van der Waals surface area (Å²) in [6, 6.07) is 10.0. The molecule has 0 amide bonds. The maximum atomic E-state index is 14.2. The smallest absolute Gasteiger partial charge is 0.191 e. The molecule has 2 N–H and O–H groups in total. The summed E-state index contributed by atoms with van der Waals surface area (Å²) in [5.41, 5.74) is 1.48. The molecule has 1 atom stereocenters. The number of halogens is 1.